The molecule has 1 saturated heterocycles. The minimum absolute atomic E-state index is 0.187. The first-order valence-corrected chi connectivity index (χ1v) is 5.29. The van der Waals surface area contributed by atoms with Gasteiger partial charge in [0.2, 0.25) is 0 Å². The number of ether oxygens (including phenoxy) is 2. The maximum atomic E-state index is 10.8. The van der Waals surface area contributed by atoms with Gasteiger partial charge in [0.1, 0.15) is 12.4 Å². The van der Waals surface area contributed by atoms with Gasteiger partial charge >= 0.3 is 6.09 Å². The molecule has 4 nitrogen and oxygen atoms in total. The Kier molecular flexibility index (Phi) is 2.99. The van der Waals surface area contributed by atoms with E-state index in [4.69, 9.17) is 9.47 Å². The zero-order valence-electron chi connectivity index (χ0n) is 9.45. The third-order valence-corrected chi connectivity index (χ3v) is 2.50. The van der Waals surface area contributed by atoms with Crippen LogP contribution in [0.5, 0.6) is 5.75 Å². The summed E-state index contributed by atoms with van der Waals surface area (Å²) in [5.74, 6) is 0.841. The Labute approximate surface area is 94.6 Å². The highest BCUT2D eigenvalue weighted by molar-refractivity contribution is 5.69. The van der Waals surface area contributed by atoms with Crippen molar-refractivity contribution >= 4 is 6.09 Å². The second-order valence-corrected chi connectivity index (χ2v) is 3.99. The van der Waals surface area contributed by atoms with Gasteiger partial charge in [0, 0.05) is 0 Å². The SMILES string of the molecule is Cc1ccc(OCC2CNC(=O)O2)c(C)c1. The highest BCUT2D eigenvalue weighted by Gasteiger charge is 2.22. The van der Waals surface area contributed by atoms with Crippen molar-refractivity contribution in [3.8, 4) is 5.75 Å². The first kappa shape index (κ1) is 10.8. The van der Waals surface area contributed by atoms with Crippen LogP contribution >= 0.6 is 0 Å². The molecule has 86 valence electrons. The smallest absolute Gasteiger partial charge is 0.407 e. The van der Waals surface area contributed by atoms with Gasteiger partial charge in [-0.3, -0.25) is 0 Å². The van der Waals surface area contributed by atoms with Gasteiger partial charge in [-0.15, -0.1) is 0 Å². The minimum atomic E-state index is -0.366. The fourth-order valence-electron chi connectivity index (χ4n) is 1.67. The zero-order valence-corrected chi connectivity index (χ0v) is 9.45. The van der Waals surface area contributed by atoms with Crippen LogP contribution in [0.15, 0.2) is 18.2 Å². The molecule has 1 aromatic carbocycles. The number of alkyl carbamates (subject to hydrolysis) is 1. The molecule has 1 atom stereocenters. The molecule has 1 aliphatic rings. The van der Waals surface area contributed by atoms with E-state index >= 15 is 0 Å². The fraction of sp³-hybridized carbons (Fsp3) is 0.417. The Bertz CT molecular complexity index is 403. The number of nitrogens with one attached hydrogen (secondary N) is 1. The molecule has 0 aromatic heterocycles. The lowest BCUT2D eigenvalue weighted by atomic mass is 10.1. The summed E-state index contributed by atoms with van der Waals surface area (Å²) in [7, 11) is 0. The molecular weight excluding hydrogens is 206 g/mol. The van der Waals surface area contributed by atoms with Crippen LogP contribution in [0, 0.1) is 13.8 Å². The van der Waals surface area contributed by atoms with Gasteiger partial charge in [0.05, 0.1) is 6.54 Å². The lowest BCUT2D eigenvalue weighted by molar-refractivity contribution is 0.104. The van der Waals surface area contributed by atoms with E-state index in [-0.39, 0.29) is 12.2 Å². The van der Waals surface area contributed by atoms with Crippen LogP contribution in [-0.4, -0.2) is 25.3 Å². The largest absolute Gasteiger partial charge is 0.489 e. The molecule has 1 heterocycles. The standard InChI is InChI=1S/C12H15NO3/c1-8-3-4-11(9(2)5-8)15-7-10-6-13-12(14)16-10/h3-5,10H,6-7H2,1-2H3,(H,13,14). The molecule has 2 rings (SSSR count). The predicted octanol–water partition coefficient (Wildman–Crippen LogP) is 1.79. The predicted molar refractivity (Wildman–Crippen MR) is 59.7 cm³/mol. The second kappa shape index (κ2) is 4.43. The maximum absolute atomic E-state index is 10.8. The second-order valence-electron chi connectivity index (χ2n) is 3.99. The maximum Gasteiger partial charge on any atom is 0.407 e. The molecule has 4 heteroatoms. The van der Waals surface area contributed by atoms with Crippen molar-refractivity contribution in [2.45, 2.75) is 20.0 Å². The van der Waals surface area contributed by atoms with E-state index in [0.717, 1.165) is 11.3 Å². The summed E-state index contributed by atoms with van der Waals surface area (Å²) in [6, 6.07) is 6.00. The number of hydrogen-bond donors (Lipinski definition) is 1. The molecule has 1 N–H and O–H groups in total. The number of amides is 1. The van der Waals surface area contributed by atoms with Crippen LogP contribution in [-0.2, 0) is 4.74 Å². The average molecular weight is 221 g/mol. The highest BCUT2D eigenvalue weighted by Crippen LogP contribution is 2.19. The number of rotatable bonds is 3. The van der Waals surface area contributed by atoms with Crippen LogP contribution < -0.4 is 10.1 Å². The van der Waals surface area contributed by atoms with E-state index in [9.17, 15) is 4.79 Å². The Morgan fingerprint density at radius 3 is 2.94 bits per heavy atom. The van der Waals surface area contributed by atoms with E-state index in [1.165, 1.54) is 5.56 Å². The lowest BCUT2D eigenvalue weighted by Crippen LogP contribution is -2.22. The van der Waals surface area contributed by atoms with Crippen molar-refractivity contribution in [2.24, 2.45) is 0 Å². The van der Waals surface area contributed by atoms with Crippen molar-refractivity contribution in [3.63, 3.8) is 0 Å². The molecule has 0 aliphatic carbocycles. The summed E-state index contributed by atoms with van der Waals surface area (Å²) < 4.78 is 10.6. The topological polar surface area (TPSA) is 47.6 Å². The Morgan fingerprint density at radius 1 is 1.50 bits per heavy atom. The van der Waals surface area contributed by atoms with E-state index in [1.807, 2.05) is 26.0 Å². The fourth-order valence-corrected chi connectivity index (χ4v) is 1.67. The Hall–Kier alpha value is -1.71. The molecule has 0 bridgehead atoms. The van der Waals surface area contributed by atoms with Crippen LogP contribution in [0.1, 0.15) is 11.1 Å². The molecule has 0 saturated carbocycles. The summed E-state index contributed by atoms with van der Waals surface area (Å²) in [6.07, 6.45) is -0.553. The lowest BCUT2D eigenvalue weighted by Gasteiger charge is -2.12. The Morgan fingerprint density at radius 2 is 2.31 bits per heavy atom. The molecule has 1 fully saturated rings. The van der Waals surface area contributed by atoms with Crippen molar-refractivity contribution in [1.29, 1.82) is 0 Å². The van der Waals surface area contributed by atoms with Crippen molar-refractivity contribution in [3.05, 3.63) is 29.3 Å². The monoisotopic (exact) mass is 221 g/mol. The molecule has 16 heavy (non-hydrogen) atoms. The average Bonchev–Trinajstić information content (AvgIpc) is 2.63. The number of benzene rings is 1. The summed E-state index contributed by atoms with van der Waals surface area (Å²) in [5, 5.41) is 2.59. The highest BCUT2D eigenvalue weighted by atomic mass is 16.6. The first-order chi connectivity index (χ1) is 7.65. The number of hydrogen-bond acceptors (Lipinski definition) is 3. The van der Waals surface area contributed by atoms with E-state index in [2.05, 4.69) is 11.4 Å². The van der Waals surface area contributed by atoms with Gasteiger partial charge in [-0.1, -0.05) is 17.7 Å². The molecule has 1 amide bonds. The molecule has 1 unspecified atom stereocenters. The molecule has 0 radical (unpaired) electrons. The number of cyclic esters (lactones) is 1. The quantitative estimate of drug-likeness (QED) is 0.846. The Balaban J connectivity index is 1.92. The zero-order chi connectivity index (χ0) is 11.5. The third kappa shape index (κ3) is 2.45. The van der Waals surface area contributed by atoms with Crippen molar-refractivity contribution in [1.82, 2.24) is 5.32 Å². The van der Waals surface area contributed by atoms with E-state index in [0.29, 0.717) is 13.2 Å². The minimum Gasteiger partial charge on any atom is -0.489 e. The van der Waals surface area contributed by atoms with Crippen molar-refractivity contribution in [2.75, 3.05) is 13.2 Å². The van der Waals surface area contributed by atoms with Gasteiger partial charge in [0.25, 0.3) is 0 Å². The van der Waals surface area contributed by atoms with Crippen LogP contribution in [0.2, 0.25) is 0 Å². The molecule has 1 aromatic rings. The number of aryl methyl sites for hydroxylation is 2. The van der Waals surface area contributed by atoms with Crippen molar-refractivity contribution < 1.29 is 14.3 Å². The number of carbonyl (C=O) groups is 1. The van der Waals surface area contributed by atoms with Crippen LogP contribution in [0.25, 0.3) is 0 Å². The van der Waals surface area contributed by atoms with E-state index in [1.54, 1.807) is 0 Å². The normalized spacial score (nSPS) is 19.1. The van der Waals surface area contributed by atoms with Gasteiger partial charge in [-0.2, -0.15) is 0 Å². The summed E-state index contributed by atoms with van der Waals surface area (Å²) in [4.78, 5) is 10.8. The van der Waals surface area contributed by atoms with Gasteiger partial charge in [-0.05, 0) is 25.5 Å². The van der Waals surface area contributed by atoms with Crippen LogP contribution in [0.3, 0.4) is 0 Å². The number of carbonyl (C=O) groups excluding carboxylic acids is 1. The van der Waals surface area contributed by atoms with Gasteiger partial charge < -0.3 is 14.8 Å². The molecule has 1 aliphatic heterocycles. The third-order valence-electron chi connectivity index (χ3n) is 2.50. The van der Waals surface area contributed by atoms with Crippen LogP contribution in [0.4, 0.5) is 4.79 Å². The summed E-state index contributed by atoms with van der Waals surface area (Å²) >= 11 is 0. The van der Waals surface area contributed by atoms with E-state index < -0.39 is 0 Å². The van der Waals surface area contributed by atoms with Gasteiger partial charge in [0.15, 0.2) is 6.10 Å². The van der Waals surface area contributed by atoms with Gasteiger partial charge in [-0.25, -0.2) is 4.79 Å². The summed E-state index contributed by atoms with van der Waals surface area (Å²) in [6.45, 7) is 4.95. The first-order valence-electron chi connectivity index (χ1n) is 5.29. The molecule has 0 spiro atoms. The summed E-state index contributed by atoms with van der Waals surface area (Å²) in [5.41, 5.74) is 2.30. The molecular formula is C12H15NO3.